The molecule has 0 spiro atoms. The molecule has 28 heavy (non-hydrogen) atoms. The molecule has 0 fully saturated rings. The molecule has 148 valence electrons. The Morgan fingerprint density at radius 3 is 2.36 bits per heavy atom. The summed E-state index contributed by atoms with van der Waals surface area (Å²) < 4.78 is 2.26. The first kappa shape index (κ1) is 21.8. The van der Waals surface area contributed by atoms with Crippen molar-refractivity contribution in [1.29, 1.82) is 0 Å². The van der Waals surface area contributed by atoms with Crippen LogP contribution in [0.1, 0.15) is 31.4 Å². The lowest BCUT2D eigenvalue weighted by atomic mass is 10.0. The maximum Gasteiger partial charge on any atom is 0.217 e. The Labute approximate surface area is 173 Å². The minimum absolute atomic E-state index is 0. The fourth-order valence-corrected chi connectivity index (χ4v) is 3.53. The number of para-hydroxylation sites is 1. The van der Waals surface area contributed by atoms with E-state index in [-0.39, 0.29) is 25.2 Å². The molecule has 1 N–H and O–H groups in total. The highest BCUT2D eigenvalue weighted by atomic mass is 32.1. The Morgan fingerprint density at radius 1 is 1.00 bits per heavy atom. The second kappa shape index (κ2) is 10.1. The number of hydrogen-bond donors (Lipinski definition) is 1. The molecule has 0 aliphatic heterocycles. The highest BCUT2D eigenvalue weighted by Crippen LogP contribution is 2.23. The smallest absolute Gasteiger partial charge is 0.217 e. The van der Waals surface area contributed by atoms with Crippen molar-refractivity contribution in [3.05, 3.63) is 71.9 Å². The molecule has 4 nitrogen and oxygen atoms in total. The van der Waals surface area contributed by atoms with Gasteiger partial charge < -0.3 is 9.88 Å². The molecular formula is C23H28N2O2S. The summed E-state index contributed by atoms with van der Waals surface area (Å²) in [6.45, 7) is 3.89. The number of carbonyl (C=O) groups is 2. The van der Waals surface area contributed by atoms with E-state index in [1.54, 1.807) is 0 Å². The van der Waals surface area contributed by atoms with Gasteiger partial charge in [-0.3, -0.25) is 9.59 Å². The van der Waals surface area contributed by atoms with Gasteiger partial charge in [-0.15, -0.1) is 0 Å². The molecule has 1 atom stereocenters. The van der Waals surface area contributed by atoms with Crippen molar-refractivity contribution in [2.45, 2.75) is 45.7 Å². The largest absolute Gasteiger partial charge is 0.347 e. The summed E-state index contributed by atoms with van der Waals surface area (Å²) in [6.07, 6.45) is 4.73. The van der Waals surface area contributed by atoms with Crippen LogP contribution in [-0.4, -0.2) is 22.3 Å². The minimum Gasteiger partial charge on any atom is -0.347 e. The summed E-state index contributed by atoms with van der Waals surface area (Å²) >= 11 is 0. The second-order valence-corrected chi connectivity index (χ2v) is 7.02. The van der Waals surface area contributed by atoms with Gasteiger partial charge in [-0.2, -0.15) is 13.5 Å². The molecule has 1 amide bonds. The molecule has 1 aromatic heterocycles. The van der Waals surface area contributed by atoms with Crippen LogP contribution in [0.25, 0.3) is 10.9 Å². The zero-order valence-electron chi connectivity index (χ0n) is 16.4. The fraction of sp³-hybridized carbons (Fsp3) is 0.304. The van der Waals surface area contributed by atoms with Crippen LogP contribution < -0.4 is 5.32 Å². The number of fused-ring (bicyclic) bond motifs is 1. The number of hydrogen-bond acceptors (Lipinski definition) is 2. The van der Waals surface area contributed by atoms with Crippen LogP contribution in [-0.2, 0) is 29.0 Å². The van der Waals surface area contributed by atoms with Crippen molar-refractivity contribution in [3.8, 4) is 0 Å². The maximum absolute atomic E-state index is 11.9. The molecule has 0 radical (unpaired) electrons. The summed E-state index contributed by atoms with van der Waals surface area (Å²) in [5, 5.41) is 3.92. The van der Waals surface area contributed by atoms with Gasteiger partial charge in [-0.05, 0) is 37.0 Å². The number of Topliss-reactive ketones (excluding diaryl/α,β-unsaturated/α-hetero) is 1. The zero-order chi connectivity index (χ0) is 19.2. The summed E-state index contributed by atoms with van der Waals surface area (Å²) in [5.74, 6) is -0.201. The van der Waals surface area contributed by atoms with Crippen molar-refractivity contribution in [2.75, 3.05) is 0 Å². The predicted octanol–water partition coefficient (Wildman–Crippen LogP) is 4.02. The third-order valence-electron chi connectivity index (χ3n) is 4.87. The van der Waals surface area contributed by atoms with Crippen LogP contribution >= 0.6 is 13.5 Å². The number of amides is 1. The van der Waals surface area contributed by atoms with Gasteiger partial charge in [0.05, 0.1) is 6.04 Å². The number of nitrogens with zero attached hydrogens (tertiary/aromatic N) is 1. The number of carbonyl (C=O) groups excluding carboxylic acids is 2. The molecule has 0 aliphatic carbocycles. The number of aromatic nitrogens is 1. The monoisotopic (exact) mass is 396 g/mol. The Bertz CT molecular complexity index is 934. The van der Waals surface area contributed by atoms with Gasteiger partial charge >= 0.3 is 0 Å². The van der Waals surface area contributed by atoms with Crippen LogP contribution in [0.15, 0.2) is 60.8 Å². The van der Waals surface area contributed by atoms with Gasteiger partial charge in [0.25, 0.3) is 0 Å². The highest BCUT2D eigenvalue weighted by Gasteiger charge is 2.18. The predicted molar refractivity (Wildman–Crippen MR) is 119 cm³/mol. The SMILES string of the molecule is CC(=O)NC(Cc1cn(CCCc2ccccc2)c2ccccc12)C(C)=O.S. The van der Waals surface area contributed by atoms with Crippen LogP contribution in [0.5, 0.6) is 0 Å². The molecule has 1 unspecified atom stereocenters. The van der Waals surface area contributed by atoms with Gasteiger partial charge in [-0.25, -0.2) is 0 Å². The molecule has 5 heteroatoms. The van der Waals surface area contributed by atoms with Crippen LogP contribution in [0.2, 0.25) is 0 Å². The molecule has 2 aromatic carbocycles. The number of nitrogens with one attached hydrogen (secondary N) is 1. The quantitative estimate of drug-likeness (QED) is 0.625. The minimum atomic E-state index is -0.480. The normalized spacial score (nSPS) is 11.6. The third-order valence-corrected chi connectivity index (χ3v) is 4.87. The highest BCUT2D eigenvalue weighted by molar-refractivity contribution is 7.59. The van der Waals surface area contributed by atoms with E-state index < -0.39 is 6.04 Å². The van der Waals surface area contributed by atoms with E-state index in [2.05, 4.69) is 52.5 Å². The summed E-state index contributed by atoms with van der Waals surface area (Å²) in [5.41, 5.74) is 3.61. The lowest BCUT2D eigenvalue weighted by Gasteiger charge is -2.14. The number of benzene rings is 2. The summed E-state index contributed by atoms with van der Waals surface area (Å²) in [6, 6.07) is 18.3. The lowest BCUT2D eigenvalue weighted by molar-refractivity contribution is -0.125. The topological polar surface area (TPSA) is 51.1 Å². The Balaban J connectivity index is 0.00000280. The average Bonchev–Trinajstić information content (AvgIpc) is 3.00. The first-order valence-corrected chi connectivity index (χ1v) is 9.43. The van der Waals surface area contributed by atoms with Crippen LogP contribution in [0.3, 0.4) is 0 Å². The van der Waals surface area contributed by atoms with Crippen molar-refractivity contribution < 1.29 is 9.59 Å². The summed E-state index contributed by atoms with van der Waals surface area (Å²) in [4.78, 5) is 23.4. The van der Waals surface area contributed by atoms with Gasteiger partial charge in [0.2, 0.25) is 5.91 Å². The molecular weight excluding hydrogens is 368 g/mol. The first-order valence-electron chi connectivity index (χ1n) is 9.43. The van der Waals surface area contributed by atoms with E-state index >= 15 is 0 Å². The van der Waals surface area contributed by atoms with Gasteiger partial charge in [0.15, 0.2) is 5.78 Å². The number of rotatable bonds is 8. The van der Waals surface area contributed by atoms with Crippen molar-refractivity contribution in [3.63, 3.8) is 0 Å². The number of ketones is 1. The average molecular weight is 397 g/mol. The van der Waals surface area contributed by atoms with E-state index in [4.69, 9.17) is 0 Å². The maximum atomic E-state index is 11.9. The third kappa shape index (κ3) is 5.49. The second-order valence-electron chi connectivity index (χ2n) is 7.02. The Morgan fingerprint density at radius 2 is 1.68 bits per heavy atom. The zero-order valence-corrected chi connectivity index (χ0v) is 17.4. The first-order chi connectivity index (χ1) is 13.0. The Kier molecular flexibility index (Phi) is 7.88. The molecule has 1 heterocycles. The van der Waals surface area contributed by atoms with E-state index in [1.165, 1.54) is 24.9 Å². The van der Waals surface area contributed by atoms with E-state index in [0.29, 0.717) is 6.42 Å². The molecule has 0 bridgehead atoms. The molecule has 0 aliphatic rings. The van der Waals surface area contributed by atoms with Gasteiger partial charge in [0.1, 0.15) is 0 Å². The standard InChI is InChI=1S/C23H26N2O2.H2S/c1-17(26)22(24-18(2)27)15-20-16-25(23-13-7-6-12-21(20)23)14-8-11-19-9-4-3-5-10-19;/h3-7,9-10,12-13,16,22H,8,11,14-15H2,1-2H3,(H,24,27);1H2. The molecule has 0 saturated carbocycles. The molecule has 3 rings (SSSR count). The van der Waals surface area contributed by atoms with Crippen molar-refractivity contribution in [1.82, 2.24) is 9.88 Å². The van der Waals surface area contributed by atoms with Crippen molar-refractivity contribution in [2.24, 2.45) is 0 Å². The van der Waals surface area contributed by atoms with Gasteiger partial charge in [0, 0.05) is 37.0 Å². The van der Waals surface area contributed by atoms with E-state index in [0.717, 1.165) is 30.3 Å². The van der Waals surface area contributed by atoms with E-state index in [1.807, 2.05) is 18.2 Å². The Hall–Kier alpha value is -2.53. The van der Waals surface area contributed by atoms with Gasteiger partial charge in [-0.1, -0.05) is 48.5 Å². The number of aryl methyl sites for hydroxylation is 2. The van der Waals surface area contributed by atoms with Crippen LogP contribution in [0, 0.1) is 0 Å². The summed E-state index contributed by atoms with van der Waals surface area (Å²) in [7, 11) is 0. The van der Waals surface area contributed by atoms with Crippen LogP contribution in [0.4, 0.5) is 0 Å². The lowest BCUT2D eigenvalue weighted by Crippen LogP contribution is -2.40. The van der Waals surface area contributed by atoms with Crippen molar-refractivity contribution >= 4 is 36.1 Å². The fourth-order valence-electron chi connectivity index (χ4n) is 3.53. The molecule has 0 saturated heterocycles. The molecule has 3 aromatic rings. The van der Waals surface area contributed by atoms with E-state index in [9.17, 15) is 9.59 Å².